The Morgan fingerprint density at radius 2 is 1.70 bits per heavy atom. The van der Waals surface area contributed by atoms with E-state index >= 15 is 0 Å². The first-order valence-electron chi connectivity index (χ1n) is 5.99. The smallest absolute Gasteiger partial charge is 0.161 e. The lowest BCUT2D eigenvalue weighted by Gasteiger charge is -2.09. The van der Waals surface area contributed by atoms with Crippen LogP contribution in [0.1, 0.15) is 24.6 Å². The molecule has 3 rings (SSSR count). The standard InChI is InChI=1S/C13H9BrF3N3/c14-11-5-12(20-13(19-11)6-1-2-6)18-10-4-8(16)7(15)3-9(10)17/h3-6H,1-2H2,(H,18,19,20). The molecule has 1 aliphatic carbocycles. The summed E-state index contributed by atoms with van der Waals surface area (Å²) in [6.45, 7) is 0. The Morgan fingerprint density at radius 1 is 1.00 bits per heavy atom. The fourth-order valence-corrected chi connectivity index (χ4v) is 2.18. The van der Waals surface area contributed by atoms with Crippen LogP contribution in [0.3, 0.4) is 0 Å². The monoisotopic (exact) mass is 343 g/mol. The average molecular weight is 344 g/mol. The number of hydrogen-bond donors (Lipinski definition) is 1. The fraction of sp³-hybridized carbons (Fsp3) is 0.231. The molecular formula is C13H9BrF3N3. The van der Waals surface area contributed by atoms with Crippen molar-refractivity contribution in [3.8, 4) is 0 Å². The van der Waals surface area contributed by atoms with Gasteiger partial charge in [-0.2, -0.15) is 0 Å². The van der Waals surface area contributed by atoms with E-state index in [4.69, 9.17) is 0 Å². The molecule has 3 nitrogen and oxygen atoms in total. The Balaban J connectivity index is 1.92. The molecule has 20 heavy (non-hydrogen) atoms. The number of aromatic nitrogens is 2. The predicted molar refractivity (Wildman–Crippen MR) is 71.3 cm³/mol. The molecule has 0 bridgehead atoms. The molecule has 0 spiro atoms. The first-order chi connectivity index (χ1) is 9.52. The van der Waals surface area contributed by atoms with Crippen LogP contribution < -0.4 is 5.32 Å². The van der Waals surface area contributed by atoms with Crippen molar-refractivity contribution >= 4 is 27.4 Å². The molecule has 2 aromatic rings. The van der Waals surface area contributed by atoms with Crippen molar-refractivity contribution in [1.29, 1.82) is 0 Å². The van der Waals surface area contributed by atoms with Crippen molar-refractivity contribution in [3.63, 3.8) is 0 Å². The second-order valence-corrected chi connectivity index (χ2v) is 5.39. The fourth-order valence-electron chi connectivity index (χ4n) is 1.78. The van der Waals surface area contributed by atoms with E-state index in [0.717, 1.165) is 18.9 Å². The van der Waals surface area contributed by atoms with Gasteiger partial charge in [-0.1, -0.05) is 0 Å². The van der Waals surface area contributed by atoms with Gasteiger partial charge in [0.1, 0.15) is 22.1 Å². The van der Waals surface area contributed by atoms with Crippen molar-refractivity contribution < 1.29 is 13.2 Å². The molecule has 1 saturated carbocycles. The summed E-state index contributed by atoms with van der Waals surface area (Å²) in [7, 11) is 0. The van der Waals surface area contributed by atoms with Gasteiger partial charge >= 0.3 is 0 Å². The third kappa shape index (κ3) is 2.77. The maximum Gasteiger partial charge on any atom is 0.161 e. The van der Waals surface area contributed by atoms with Crippen LogP contribution in [0.4, 0.5) is 24.7 Å². The van der Waals surface area contributed by atoms with E-state index in [2.05, 4.69) is 31.2 Å². The molecule has 1 aromatic carbocycles. The van der Waals surface area contributed by atoms with Crippen LogP contribution >= 0.6 is 15.9 Å². The second-order valence-electron chi connectivity index (χ2n) is 4.58. The van der Waals surface area contributed by atoms with E-state index in [1.165, 1.54) is 0 Å². The first kappa shape index (κ1) is 13.4. The van der Waals surface area contributed by atoms with Gasteiger partial charge in [-0.25, -0.2) is 23.1 Å². The number of nitrogens with one attached hydrogen (secondary N) is 1. The van der Waals surface area contributed by atoms with Gasteiger partial charge in [0.2, 0.25) is 0 Å². The summed E-state index contributed by atoms with van der Waals surface area (Å²) in [6, 6.07) is 2.81. The molecule has 0 amide bonds. The lowest BCUT2D eigenvalue weighted by molar-refractivity contribution is 0.496. The first-order valence-corrected chi connectivity index (χ1v) is 6.78. The van der Waals surface area contributed by atoms with Gasteiger partial charge in [-0.15, -0.1) is 0 Å². The van der Waals surface area contributed by atoms with Crippen LogP contribution in [0, 0.1) is 17.5 Å². The van der Waals surface area contributed by atoms with Gasteiger partial charge in [0.25, 0.3) is 0 Å². The summed E-state index contributed by atoms with van der Waals surface area (Å²) in [5.74, 6) is -1.92. The zero-order chi connectivity index (χ0) is 14.3. The molecule has 0 aliphatic heterocycles. The Bertz CT molecular complexity index is 674. The summed E-state index contributed by atoms with van der Waals surface area (Å²) in [6.07, 6.45) is 2.05. The van der Waals surface area contributed by atoms with E-state index in [-0.39, 0.29) is 5.69 Å². The van der Waals surface area contributed by atoms with Gasteiger partial charge in [0.15, 0.2) is 11.6 Å². The van der Waals surface area contributed by atoms with Crippen LogP contribution in [0.5, 0.6) is 0 Å². The Hall–Kier alpha value is -1.63. The topological polar surface area (TPSA) is 37.8 Å². The van der Waals surface area contributed by atoms with Crippen molar-refractivity contribution in [2.24, 2.45) is 0 Å². The van der Waals surface area contributed by atoms with Gasteiger partial charge in [0.05, 0.1) is 5.69 Å². The highest BCUT2D eigenvalue weighted by Gasteiger charge is 2.27. The molecule has 0 atom stereocenters. The molecule has 1 aliphatic rings. The molecule has 1 N–H and O–H groups in total. The predicted octanol–water partition coefficient (Wildman–Crippen LogP) is 4.28. The lowest BCUT2D eigenvalue weighted by Crippen LogP contribution is -2.02. The van der Waals surface area contributed by atoms with E-state index in [9.17, 15) is 13.2 Å². The molecular weight excluding hydrogens is 335 g/mol. The summed E-state index contributed by atoms with van der Waals surface area (Å²) >= 11 is 3.25. The van der Waals surface area contributed by atoms with Crippen LogP contribution in [0.2, 0.25) is 0 Å². The van der Waals surface area contributed by atoms with Crippen LogP contribution in [0.25, 0.3) is 0 Å². The molecule has 0 radical (unpaired) electrons. The molecule has 1 heterocycles. The highest BCUT2D eigenvalue weighted by Crippen LogP contribution is 2.39. The summed E-state index contributed by atoms with van der Waals surface area (Å²) in [5, 5.41) is 2.64. The van der Waals surface area contributed by atoms with Crippen molar-refractivity contribution in [3.05, 3.63) is 46.1 Å². The number of nitrogens with zero attached hydrogens (tertiary/aromatic N) is 2. The third-order valence-electron chi connectivity index (χ3n) is 2.93. The zero-order valence-electron chi connectivity index (χ0n) is 10.1. The minimum absolute atomic E-state index is 0.170. The largest absolute Gasteiger partial charge is 0.338 e. The number of hydrogen-bond acceptors (Lipinski definition) is 3. The number of benzene rings is 1. The van der Waals surface area contributed by atoms with E-state index in [1.807, 2.05) is 0 Å². The SMILES string of the molecule is Fc1cc(F)c(Nc2cc(Br)nc(C3CC3)n2)cc1F. The quantitative estimate of drug-likeness (QED) is 0.667. The number of rotatable bonds is 3. The van der Waals surface area contributed by atoms with E-state index in [1.54, 1.807) is 6.07 Å². The van der Waals surface area contributed by atoms with Crippen molar-refractivity contribution in [2.45, 2.75) is 18.8 Å². The van der Waals surface area contributed by atoms with E-state index < -0.39 is 17.5 Å². The van der Waals surface area contributed by atoms with Crippen molar-refractivity contribution in [1.82, 2.24) is 9.97 Å². The Kier molecular flexibility index (Phi) is 3.37. The maximum atomic E-state index is 13.6. The van der Waals surface area contributed by atoms with Gasteiger partial charge in [-0.3, -0.25) is 0 Å². The lowest BCUT2D eigenvalue weighted by atomic mass is 10.3. The second kappa shape index (κ2) is 5.05. The average Bonchev–Trinajstić information content (AvgIpc) is 3.19. The highest BCUT2D eigenvalue weighted by molar-refractivity contribution is 9.10. The molecule has 7 heteroatoms. The number of anilines is 2. The molecule has 104 valence electrons. The molecule has 0 unspecified atom stereocenters. The zero-order valence-corrected chi connectivity index (χ0v) is 11.7. The van der Waals surface area contributed by atoms with Crippen LogP contribution in [0.15, 0.2) is 22.8 Å². The van der Waals surface area contributed by atoms with Crippen molar-refractivity contribution in [2.75, 3.05) is 5.32 Å². The Morgan fingerprint density at radius 3 is 2.40 bits per heavy atom. The van der Waals surface area contributed by atoms with Crippen LogP contribution in [-0.4, -0.2) is 9.97 Å². The number of halogens is 4. The minimum Gasteiger partial charge on any atom is -0.338 e. The molecule has 1 aromatic heterocycles. The van der Waals surface area contributed by atoms with E-state index in [0.29, 0.717) is 28.2 Å². The summed E-state index contributed by atoms with van der Waals surface area (Å²) < 4.78 is 40.1. The highest BCUT2D eigenvalue weighted by atomic mass is 79.9. The maximum absolute atomic E-state index is 13.6. The third-order valence-corrected chi connectivity index (χ3v) is 3.33. The summed E-state index contributed by atoms with van der Waals surface area (Å²) in [5.41, 5.74) is -0.170. The van der Waals surface area contributed by atoms with Crippen LogP contribution in [-0.2, 0) is 0 Å². The summed E-state index contributed by atoms with van der Waals surface area (Å²) in [4.78, 5) is 8.48. The normalized spacial score (nSPS) is 14.4. The molecule has 0 saturated heterocycles. The van der Waals surface area contributed by atoms with Gasteiger partial charge in [0, 0.05) is 24.1 Å². The molecule has 1 fully saturated rings. The van der Waals surface area contributed by atoms with Gasteiger partial charge in [-0.05, 0) is 28.8 Å². The minimum atomic E-state index is -1.23. The van der Waals surface area contributed by atoms with Gasteiger partial charge < -0.3 is 5.32 Å². The Labute approximate surface area is 121 Å².